The Morgan fingerprint density at radius 3 is 1.67 bits per heavy atom. The molecule has 0 saturated carbocycles. The van der Waals surface area contributed by atoms with Crippen LogP contribution >= 0.6 is 0 Å². The van der Waals surface area contributed by atoms with Gasteiger partial charge in [0.05, 0.1) is 34.2 Å². The lowest BCUT2D eigenvalue weighted by molar-refractivity contribution is 0.834. The maximum atomic E-state index is 5.07. The van der Waals surface area contributed by atoms with Crippen LogP contribution < -0.4 is 0 Å². The van der Waals surface area contributed by atoms with Gasteiger partial charge in [-0.2, -0.15) is 0 Å². The molecule has 0 fully saturated rings. The maximum absolute atomic E-state index is 5.07. The van der Waals surface area contributed by atoms with E-state index in [9.17, 15) is 0 Å². The molecule has 3 heteroatoms. The monoisotopic (exact) mass is 397 g/mol. The first-order valence-corrected chi connectivity index (χ1v) is 10.6. The van der Waals surface area contributed by atoms with Gasteiger partial charge in [-0.1, -0.05) is 70.2 Å². The van der Waals surface area contributed by atoms with Gasteiger partial charge in [-0.15, -0.1) is 0 Å². The first-order valence-electron chi connectivity index (χ1n) is 10.6. The fourth-order valence-electron chi connectivity index (χ4n) is 3.46. The van der Waals surface area contributed by atoms with Gasteiger partial charge in [0, 0.05) is 0 Å². The van der Waals surface area contributed by atoms with Crippen LogP contribution in [-0.2, 0) is 0 Å². The summed E-state index contributed by atoms with van der Waals surface area (Å²) in [6.45, 7) is 12.9. The number of aliphatic imine (C=N–C) groups is 2. The van der Waals surface area contributed by atoms with Gasteiger partial charge in [0.25, 0.3) is 0 Å². The summed E-state index contributed by atoms with van der Waals surface area (Å²) in [5.41, 5.74) is 8.12. The topological polar surface area (TPSA) is 37.6 Å². The van der Waals surface area contributed by atoms with Gasteiger partial charge in [0.2, 0.25) is 0 Å². The van der Waals surface area contributed by atoms with E-state index in [-0.39, 0.29) is 0 Å². The standard InChI is InChI=1S/C27H31N3/c1-18(2)23-14-10-15-24(19(3)4)27(23)29-21(6)26-17-11-16-25(30-26)20(5)28-22-12-8-7-9-13-22/h7-19H,1-6H3. The molecule has 0 N–H and O–H groups in total. The Morgan fingerprint density at radius 2 is 1.13 bits per heavy atom. The highest BCUT2D eigenvalue weighted by Crippen LogP contribution is 2.35. The third kappa shape index (κ3) is 5.10. The maximum Gasteiger partial charge on any atom is 0.0849 e. The second kappa shape index (κ2) is 9.62. The van der Waals surface area contributed by atoms with E-state index in [2.05, 4.69) is 45.9 Å². The Kier molecular flexibility index (Phi) is 6.94. The minimum Gasteiger partial charge on any atom is -0.252 e. The number of para-hydroxylation sites is 2. The first-order chi connectivity index (χ1) is 14.4. The number of hydrogen-bond donors (Lipinski definition) is 0. The van der Waals surface area contributed by atoms with Crippen molar-refractivity contribution in [3.8, 4) is 0 Å². The highest BCUT2D eigenvalue weighted by molar-refractivity contribution is 6.02. The highest BCUT2D eigenvalue weighted by Gasteiger charge is 2.14. The zero-order valence-corrected chi connectivity index (χ0v) is 18.8. The SMILES string of the molecule is CC(=Nc1ccccc1)c1cccc(C(C)=Nc2c(C(C)C)cccc2C(C)C)n1. The van der Waals surface area contributed by atoms with Crippen molar-refractivity contribution in [2.45, 2.75) is 53.4 Å². The van der Waals surface area contributed by atoms with Crippen LogP contribution in [0.5, 0.6) is 0 Å². The molecule has 0 bridgehead atoms. The van der Waals surface area contributed by atoms with Crippen molar-refractivity contribution in [3.05, 3.63) is 89.2 Å². The number of benzene rings is 2. The van der Waals surface area contributed by atoms with E-state index < -0.39 is 0 Å². The Balaban J connectivity index is 2.01. The third-order valence-electron chi connectivity index (χ3n) is 5.17. The molecule has 1 heterocycles. The largest absolute Gasteiger partial charge is 0.252 e. The minimum atomic E-state index is 0.412. The molecule has 154 valence electrons. The van der Waals surface area contributed by atoms with E-state index in [1.807, 2.05) is 62.4 Å². The average Bonchev–Trinajstić information content (AvgIpc) is 2.74. The van der Waals surface area contributed by atoms with E-state index in [1.54, 1.807) is 0 Å². The third-order valence-corrected chi connectivity index (χ3v) is 5.17. The summed E-state index contributed by atoms with van der Waals surface area (Å²) in [4.78, 5) is 14.6. The van der Waals surface area contributed by atoms with Crippen molar-refractivity contribution in [1.29, 1.82) is 0 Å². The molecule has 3 aromatic rings. The molecule has 0 aliphatic rings. The van der Waals surface area contributed by atoms with Gasteiger partial charge in [0.15, 0.2) is 0 Å². The van der Waals surface area contributed by atoms with Gasteiger partial charge in [-0.05, 0) is 61.1 Å². The first kappa shape index (κ1) is 21.6. The molecule has 3 rings (SSSR count). The van der Waals surface area contributed by atoms with E-state index in [4.69, 9.17) is 15.0 Å². The summed E-state index contributed by atoms with van der Waals surface area (Å²) in [6, 6.07) is 22.5. The summed E-state index contributed by atoms with van der Waals surface area (Å²) in [6.07, 6.45) is 0. The summed E-state index contributed by atoms with van der Waals surface area (Å²) >= 11 is 0. The van der Waals surface area contributed by atoms with Crippen LogP contribution in [0.2, 0.25) is 0 Å². The molecule has 0 amide bonds. The summed E-state index contributed by atoms with van der Waals surface area (Å²) in [5.74, 6) is 0.824. The van der Waals surface area contributed by atoms with Crippen LogP contribution in [0.1, 0.15) is 75.9 Å². The van der Waals surface area contributed by atoms with Crippen molar-refractivity contribution in [3.63, 3.8) is 0 Å². The number of nitrogens with zero attached hydrogens (tertiary/aromatic N) is 3. The number of rotatable bonds is 6. The number of hydrogen-bond acceptors (Lipinski definition) is 3. The molecular formula is C27H31N3. The lowest BCUT2D eigenvalue weighted by Crippen LogP contribution is -2.05. The lowest BCUT2D eigenvalue weighted by Gasteiger charge is -2.17. The van der Waals surface area contributed by atoms with E-state index in [1.165, 1.54) is 11.1 Å². The summed E-state index contributed by atoms with van der Waals surface area (Å²) in [5, 5.41) is 0. The van der Waals surface area contributed by atoms with Crippen LogP contribution in [0.15, 0.2) is 76.7 Å². The normalized spacial score (nSPS) is 12.7. The fraction of sp³-hybridized carbons (Fsp3) is 0.296. The predicted octanol–water partition coefficient (Wildman–Crippen LogP) is 7.61. The van der Waals surface area contributed by atoms with Crippen LogP contribution in [0.25, 0.3) is 0 Å². The van der Waals surface area contributed by atoms with Crippen molar-refractivity contribution >= 4 is 22.8 Å². The Labute approximate surface area is 180 Å². The van der Waals surface area contributed by atoms with Crippen LogP contribution in [-0.4, -0.2) is 16.4 Å². The number of aromatic nitrogens is 1. The molecule has 0 saturated heterocycles. The molecule has 0 atom stereocenters. The Bertz CT molecular complexity index is 1030. The van der Waals surface area contributed by atoms with Crippen molar-refractivity contribution in [1.82, 2.24) is 4.98 Å². The van der Waals surface area contributed by atoms with Crippen LogP contribution in [0.3, 0.4) is 0 Å². The van der Waals surface area contributed by atoms with Crippen molar-refractivity contribution in [2.24, 2.45) is 9.98 Å². The second-order valence-electron chi connectivity index (χ2n) is 8.23. The van der Waals surface area contributed by atoms with Crippen LogP contribution in [0, 0.1) is 0 Å². The zero-order valence-electron chi connectivity index (χ0n) is 18.8. The molecule has 30 heavy (non-hydrogen) atoms. The Hall–Kier alpha value is -3.07. The van der Waals surface area contributed by atoms with Gasteiger partial charge in [-0.25, -0.2) is 4.98 Å². The summed E-state index contributed by atoms with van der Waals surface area (Å²) < 4.78 is 0. The lowest BCUT2D eigenvalue weighted by atomic mass is 9.93. The number of pyridine rings is 1. The van der Waals surface area contributed by atoms with Crippen LogP contribution in [0.4, 0.5) is 11.4 Å². The molecule has 0 spiro atoms. The van der Waals surface area contributed by atoms with Gasteiger partial charge >= 0.3 is 0 Å². The zero-order chi connectivity index (χ0) is 21.7. The molecule has 0 aliphatic carbocycles. The van der Waals surface area contributed by atoms with Crippen molar-refractivity contribution < 1.29 is 0 Å². The van der Waals surface area contributed by atoms with Crippen molar-refractivity contribution in [2.75, 3.05) is 0 Å². The minimum absolute atomic E-state index is 0.412. The average molecular weight is 398 g/mol. The fourth-order valence-corrected chi connectivity index (χ4v) is 3.46. The smallest absolute Gasteiger partial charge is 0.0849 e. The molecular weight excluding hydrogens is 366 g/mol. The second-order valence-corrected chi connectivity index (χ2v) is 8.23. The molecule has 1 aromatic heterocycles. The van der Waals surface area contributed by atoms with Gasteiger partial charge in [0.1, 0.15) is 0 Å². The van der Waals surface area contributed by atoms with E-state index >= 15 is 0 Å². The van der Waals surface area contributed by atoms with E-state index in [0.717, 1.165) is 34.2 Å². The molecule has 0 unspecified atom stereocenters. The van der Waals surface area contributed by atoms with Gasteiger partial charge < -0.3 is 0 Å². The molecule has 0 radical (unpaired) electrons. The molecule has 0 aliphatic heterocycles. The molecule has 3 nitrogen and oxygen atoms in total. The van der Waals surface area contributed by atoms with E-state index in [0.29, 0.717) is 11.8 Å². The van der Waals surface area contributed by atoms with Gasteiger partial charge in [-0.3, -0.25) is 9.98 Å². The predicted molar refractivity (Wildman–Crippen MR) is 129 cm³/mol. The Morgan fingerprint density at radius 1 is 0.633 bits per heavy atom. The molecule has 2 aromatic carbocycles. The quantitative estimate of drug-likeness (QED) is 0.394. The highest BCUT2D eigenvalue weighted by atomic mass is 14.8. The summed E-state index contributed by atoms with van der Waals surface area (Å²) in [7, 11) is 0.